The summed E-state index contributed by atoms with van der Waals surface area (Å²) in [5.41, 5.74) is -3.33. The Bertz CT molecular complexity index is 1270. The maximum Gasteiger partial charge on any atom is 0.407 e. The van der Waals surface area contributed by atoms with E-state index in [-0.39, 0.29) is 82.3 Å². The van der Waals surface area contributed by atoms with Gasteiger partial charge in [-0.15, -0.1) is 13.2 Å². The lowest BCUT2D eigenvalue weighted by molar-refractivity contribution is -0.167. The van der Waals surface area contributed by atoms with E-state index in [0.717, 1.165) is 6.42 Å². The smallest absolute Gasteiger partial charge is 0.407 e. The van der Waals surface area contributed by atoms with Gasteiger partial charge in [0.25, 0.3) is 0 Å². The standard InChI is InChI=1S/C34H50N2O12/c1-8-22-16-33(22,25(37)43-10-3)27(39)45-12-14-47-29(41)35-21-32(7)19-24(18-31(5,6)20-32)36-30(42)48-15-13-46-28(40)34(17-23(34)9-2)26(38)44-11-4/h8-9,22-24H,1-2,10-21H2,3-7H3,(H,35,41)(H,36,42). The molecule has 0 spiro atoms. The lowest BCUT2D eigenvalue weighted by atomic mass is 9.62. The Morgan fingerprint density at radius 3 is 1.52 bits per heavy atom. The van der Waals surface area contributed by atoms with Crippen molar-refractivity contribution in [3.63, 3.8) is 0 Å². The van der Waals surface area contributed by atoms with E-state index >= 15 is 0 Å². The first kappa shape index (κ1) is 38.3. The molecule has 0 heterocycles. The Morgan fingerprint density at radius 1 is 0.646 bits per heavy atom. The number of esters is 4. The number of nitrogens with one attached hydrogen (secondary N) is 2. The van der Waals surface area contributed by atoms with Gasteiger partial charge in [-0.3, -0.25) is 19.2 Å². The van der Waals surface area contributed by atoms with E-state index in [1.165, 1.54) is 12.2 Å². The van der Waals surface area contributed by atoms with Crippen molar-refractivity contribution in [3.05, 3.63) is 25.3 Å². The second-order valence-electron chi connectivity index (χ2n) is 13.8. The second-order valence-corrected chi connectivity index (χ2v) is 13.8. The molecule has 0 saturated heterocycles. The van der Waals surface area contributed by atoms with E-state index in [0.29, 0.717) is 12.8 Å². The van der Waals surface area contributed by atoms with Gasteiger partial charge >= 0.3 is 36.1 Å². The summed E-state index contributed by atoms with van der Waals surface area (Å²) < 4.78 is 30.9. The quantitative estimate of drug-likeness (QED) is 0.0751. The van der Waals surface area contributed by atoms with Crippen LogP contribution in [-0.4, -0.2) is 88.3 Å². The van der Waals surface area contributed by atoms with Crippen LogP contribution in [0.4, 0.5) is 9.59 Å². The topological polar surface area (TPSA) is 182 Å². The number of rotatable bonds is 17. The molecule has 3 fully saturated rings. The molecule has 2 amide bonds. The summed E-state index contributed by atoms with van der Waals surface area (Å²) in [6, 6.07) is -0.258. The van der Waals surface area contributed by atoms with Crippen LogP contribution in [0.25, 0.3) is 0 Å². The molecule has 14 heteroatoms. The van der Waals surface area contributed by atoms with Gasteiger partial charge in [0.15, 0.2) is 10.8 Å². The zero-order valence-corrected chi connectivity index (χ0v) is 28.7. The zero-order valence-electron chi connectivity index (χ0n) is 28.7. The van der Waals surface area contributed by atoms with Crippen molar-refractivity contribution in [2.45, 2.75) is 72.8 Å². The molecule has 6 unspecified atom stereocenters. The largest absolute Gasteiger partial charge is 0.465 e. The molecule has 6 atom stereocenters. The van der Waals surface area contributed by atoms with Gasteiger partial charge in [-0.25, -0.2) is 9.59 Å². The Balaban J connectivity index is 1.39. The summed E-state index contributed by atoms with van der Waals surface area (Å²) in [5, 5.41) is 5.63. The van der Waals surface area contributed by atoms with Gasteiger partial charge in [-0.2, -0.15) is 0 Å². The summed E-state index contributed by atoms with van der Waals surface area (Å²) in [4.78, 5) is 74.9. The van der Waals surface area contributed by atoms with E-state index in [9.17, 15) is 28.8 Å². The summed E-state index contributed by atoms with van der Waals surface area (Å²) in [7, 11) is 0. The van der Waals surface area contributed by atoms with Crippen LogP contribution in [0.1, 0.15) is 66.7 Å². The average molecular weight is 679 g/mol. The first-order valence-corrected chi connectivity index (χ1v) is 16.4. The molecule has 0 aliphatic heterocycles. The maximum absolute atomic E-state index is 12.6. The highest BCUT2D eigenvalue weighted by atomic mass is 16.6. The number of carbonyl (C=O) groups excluding carboxylic acids is 6. The van der Waals surface area contributed by atoms with Crippen LogP contribution < -0.4 is 10.6 Å². The first-order chi connectivity index (χ1) is 22.6. The van der Waals surface area contributed by atoms with Gasteiger partial charge in [0.1, 0.15) is 26.4 Å². The number of alkyl carbamates (subject to hydrolysis) is 2. The Kier molecular flexibility index (Phi) is 12.7. The maximum atomic E-state index is 12.6. The van der Waals surface area contributed by atoms with Crippen LogP contribution in [0.2, 0.25) is 0 Å². The monoisotopic (exact) mass is 678 g/mol. The highest BCUT2D eigenvalue weighted by Gasteiger charge is 2.67. The Labute approximate surface area is 281 Å². The molecule has 0 bridgehead atoms. The van der Waals surface area contributed by atoms with Crippen molar-refractivity contribution in [1.82, 2.24) is 10.6 Å². The molecule has 2 N–H and O–H groups in total. The van der Waals surface area contributed by atoms with E-state index in [2.05, 4.69) is 37.6 Å². The summed E-state index contributed by atoms with van der Waals surface area (Å²) >= 11 is 0. The Hall–Kier alpha value is -4.10. The fourth-order valence-electron chi connectivity index (χ4n) is 6.98. The molecule has 48 heavy (non-hydrogen) atoms. The van der Waals surface area contributed by atoms with Gasteiger partial charge in [0.2, 0.25) is 0 Å². The molecule has 3 aliphatic carbocycles. The van der Waals surface area contributed by atoms with Crippen molar-refractivity contribution in [1.29, 1.82) is 0 Å². The fourth-order valence-corrected chi connectivity index (χ4v) is 6.98. The van der Waals surface area contributed by atoms with Crippen LogP contribution in [0.5, 0.6) is 0 Å². The molecular weight excluding hydrogens is 628 g/mol. The summed E-state index contributed by atoms with van der Waals surface area (Å²) in [6.45, 7) is 16.4. The SMILES string of the molecule is C=CC1CC1(C(=O)OCC)C(=O)OCCOC(=O)NCC1(C)CC(NC(=O)OCCOC(=O)C2(C(=O)OCC)CC2C=C)CC(C)(C)C1. The molecule has 14 nitrogen and oxygen atoms in total. The van der Waals surface area contributed by atoms with E-state index in [4.69, 9.17) is 28.4 Å². The number of amides is 2. The van der Waals surface area contributed by atoms with E-state index in [1.807, 2.05) is 6.92 Å². The molecule has 0 aromatic heterocycles. The minimum absolute atomic E-state index is 0.134. The van der Waals surface area contributed by atoms with Gasteiger partial charge in [-0.1, -0.05) is 32.9 Å². The van der Waals surface area contributed by atoms with Gasteiger partial charge in [0.05, 0.1) is 13.2 Å². The van der Waals surface area contributed by atoms with Crippen LogP contribution in [0, 0.1) is 33.5 Å². The average Bonchev–Trinajstić information content (AvgIpc) is 3.93. The number of hydrogen-bond acceptors (Lipinski definition) is 12. The third-order valence-electron chi connectivity index (χ3n) is 9.13. The minimum Gasteiger partial charge on any atom is -0.465 e. The van der Waals surface area contributed by atoms with Crippen LogP contribution in [-0.2, 0) is 47.6 Å². The zero-order chi connectivity index (χ0) is 35.8. The summed E-state index contributed by atoms with van der Waals surface area (Å²) in [5.74, 6) is -3.47. The van der Waals surface area contributed by atoms with Crippen LogP contribution >= 0.6 is 0 Å². The molecule has 3 saturated carbocycles. The fraction of sp³-hybridized carbons (Fsp3) is 0.706. The minimum atomic E-state index is -1.38. The van der Waals surface area contributed by atoms with Crippen molar-refractivity contribution in [3.8, 4) is 0 Å². The normalized spacial score (nSPS) is 29.6. The lowest BCUT2D eigenvalue weighted by Gasteiger charge is -2.46. The molecule has 268 valence electrons. The number of allylic oxidation sites excluding steroid dienone is 2. The van der Waals surface area contributed by atoms with Crippen molar-refractivity contribution in [2.75, 3.05) is 46.2 Å². The van der Waals surface area contributed by atoms with Crippen molar-refractivity contribution < 1.29 is 57.2 Å². The molecule has 0 radical (unpaired) electrons. The lowest BCUT2D eigenvalue weighted by Crippen LogP contribution is -2.50. The highest BCUT2D eigenvalue weighted by Crippen LogP contribution is 2.56. The van der Waals surface area contributed by atoms with Crippen molar-refractivity contribution >= 4 is 36.1 Å². The number of hydrogen-bond donors (Lipinski definition) is 2. The predicted octanol–water partition coefficient (Wildman–Crippen LogP) is 3.62. The highest BCUT2D eigenvalue weighted by molar-refractivity contribution is 6.05. The molecule has 0 aromatic carbocycles. The third kappa shape index (κ3) is 9.07. The number of ether oxygens (including phenoxy) is 6. The molecular formula is C34H50N2O12. The van der Waals surface area contributed by atoms with Crippen LogP contribution in [0.3, 0.4) is 0 Å². The third-order valence-corrected chi connectivity index (χ3v) is 9.13. The van der Waals surface area contributed by atoms with Gasteiger partial charge < -0.3 is 39.1 Å². The van der Waals surface area contributed by atoms with E-state index < -0.39 is 52.3 Å². The predicted molar refractivity (Wildman–Crippen MR) is 170 cm³/mol. The van der Waals surface area contributed by atoms with Gasteiger partial charge in [0, 0.05) is 24.4 Å². The van der Waals surface area contributed by atoms with Crippen molar-refractivity contribution in [2.24, 2.45) is 33.5 Å². The van der Waals surface area contributed by atoms with Crippen LogP contribution in [0.15, 0.2) is 25.3 Å². The molecule has 0 aromatic rings. The van der Waals surface area contributed by atoms with E-state index in [1.54, 1.807) is 13.8 Å². The summed E-state index contributed by atoms with van der Waals surface area (Å²) in [6.07, 6.45) is 4.19. The molecule has 3 rings (SSSR count). The first-order valence-electron chi connectivity index (χ1n) is 16.4. The number of carbonyl (C=O) groups is 6. The molecule has 3 aliphatic rings. The second kappa shape index (κ2) is 15.9. The Morgan fingerprint density at radius 2 is 1.08 bits per heavy atom. The van der Waals surface area contributed by atoms with Gasteiger partial charge in [-0.05, 0) is 56.8 Å².